The first-order chi connectivity index (χ1) is 33.0. The number of hydrogen-bond acceptors (Lipinski definition) is 22. The molecule has 0 radical (unpaired) electrons. The van der Waals surface area contributed by atoms with Crippen molar-refractivity contribution in [3.8, 4) is 0 Å². The Morgan fingerprint density at radius 1 is 0.565 bits per heavy atom. The van der Waals surface area contributed by atoms with Gasteiger partial charge < -0.3 is 35.5 Å². The third-order valence-corrected chi connectivity index (χ3v) is 15.2. The van der Waals surface area contributed by atoms with Gasteiger partial charge >= 0.3 is 0 Å². The van der Waals surface area contributed by atoms with E-state index in [4.69, 9.17) is 28.2 Å². The van der Waals surface area contributed by atoms with Crippen LogP contribution in [0.15, 0.2) is 90.9 Å². The van der Waals surface area contributed by atoms with Gasteiger partial charge in [0.2, 0.25) is 28.1 Å². The van der Waals surface area contributed by atoms with Crippen molar-refractivity contribution in [3.63, 3.8) is 0 Å². The average Bonchev–Trinajstić information content (AvgIpc) is 3.91. The van der Waals surface area contributed by atoms with Crippen LogP contribution in [0.1, 0.15) is 27.7 Å². The Bertz CT molecular complexity index is 3090. The van der Waals surface area contributed by atoms with E-state index in [1.165, 1.54) is 24.3 Å². The minimum absolute atomic E-state index is 0.00907. The maximum atomic E-state index is 12.2. The predicted molar refractivity (Wildman–Crippen MR) is 270 cm³/mol. The van der Waals surface area contributed by atoms with Gasteiger partial charge in [0.1, 0.15) is 21.2 Å². The molecule has 0 aliphatic carbocycles. The standard InChI is InChI=1S/C41H44Cl2N14O8S4/c1-5-55(6-2)23-9-13-27(51-53-40-46-29-15-11-25(42)35(33(29)66-40)68(60,61)62)31(21-23)44-37-48-38(50-39(49-37)57(17-19-58)18-20-59)45-32-22-24(56(7-3)8-4)10-14-28(32)52-54-41-47-30-16-12-26(43)36(34(30)67-41)69(63,64)65/h9-16,21-22,58-59H,5-8,17-20H2,1-4H3,(H,60,61,62)(H,63,64,65)(H2,44,45,48,49,50). The van der Waals surface area contributed by atoms with Crippen LogP contribution < -0.4 is 25.3 Å². The highest BCUT2D eigenvalue weighted by Crippen LogP contribution is 2.41. The van der Waals surface area contributed by atoms with Crippen LogP contribution in [0, 0.1) is 0 Å². The summed E-state index contributed by atoms with van der Waals surface area (Å²) < 4.78 is 68.8. The summed E-state index contributed by atoms with van der Waals surface area (Å²) in [6.45, 7) is 10.2. The molecular weight excluding hydrogens is 1020 g/mol. The van der Waals surface area contributed by atoms with Crippen molar-refractivity contribution in [1.29, 1.82) is 0 Å². The van der Waals surface area contributed by atoms with Crippen molar-refractivity contribution in [1.82, 2.24) is 24.9 Å². The summed E-state index contributed by atoms with van der Waals surface area (Å²) in [6, 6.07) is 16.4. The molecule has 0 atom stereocenters. The Kier molecular flexibility index (Phi) is 16.2. The van der Waals surface area contributed by atoms with Gasteiger partial charge in [0.25, 0.3) is 20.2 Å². The SMILES string of the molecule is CCN(CC)c1ccc(N=Nc2nc3ccc(Cl)c(S(=O)(=O)O)c3s2)c(Nc2nc(Nc3cc(N(CC)CC)ccc3N=Nc3nc4ccc(Cl)c(S(=O)(=O)O)c4s3)nc(N(CCO)CCO)n2)c1. The lowest BCUT2D eigenvalue weighted by atomic mass is 10.2. The first-order valence-corrected chi connectivity index (χ1v) is 26.3. The van der Waals surface area contributed by atoms with Crippen molar-refractivity contribution in [2.24, 2.45) is 20.5 Å². The summed E-state index contributed by atoms with van der Waals surface area (Å²) in [5, 5.41) is 43.9. The van der Waals surface area contributed by atoms with E-state index in [0.717, 1.165) is 34.0 Å². The van der Waals surface area contributed by atoms with Crippen molar-refractivity contribution < 1.29 is 36.2 Å². The number of fused-ring (bicyclic) bond motifs is 2. The van der Waals surface area contributed by atoms with E-state index in [9.17, 15) is 36.2 Å². The second-order valence-electron chi connectivity index (χ2n) is 14.5. The molecule has 0 unspecified atom stereocenters. The number of benzene rings is 4. The van der Waals surface area contributed by atoms with Gasteiger partial charge in [-0.2, -0.15) is 31.8 Å². The zero-order valence-corrected chi connectivity index (χ0v) is 41.9. The van der Waals surface area contributed by atoms with E-state index < -0.39 is 30.0 Å². The van der Waals surface area contributed by atoms with Gasteiger partial charge in [-0.05, 0) is 88.4 Å². The van der Waals surface area contributed by atoms with E-state index in [-0.39, 0.29) is 84.9 Å². The molecule has 3 aromatic heterocycles. The minimum atomic E-state index is -4.70. The third kappa shape index (κ3) is 11.8. The van der Waals surface area contributed by atoms with Crippen LogP contribution in [0.4, 0.5) is 62.2 Å². The maximum absolute atomic E-state index is 12.2. The van der Waals surface area contributed by atoms with E-state index >= 15 is 0 Å². The van der Waals surface area contributed by atoms with Crippen molar-refractivity contribution in [2.45, 2.75) is 37.5 Å². The topological polar surface area (TPSA) is 297 Å². The predicted octanol–water partition coefficient (Wildman–Crippen LogP) is 9.69. The monoisotopic (exact) mass is 1060 g/mol. The van der Waals surface area contributed by atoms with Crippen molar-refractivity contribution >= 4 is 149 Å². The molecule has 0 bridgehead atoms. The summed E-state index contributed by atoms with van der Waals surface area (Å²) in [7, 11) is -9.39. The lowest BCUT2D eigenvalue weighted by Gasteiger charge is -2.24. The minimum Gasteiger partial charge on any atom is -0.395 e. The Hall–Kier alpha value is -5.81. The number of aromatic nitrogens is 5. The summed E-state index contributed by atoms with van der Waals surface area (Å²) in [5.41, 5.74) is 3.47. The first kappa shape index (κ1) is 51.1. The Morgan fingerprint density at radius 3 is 1.33 bits per heavy atom. The number of rotatable bonds is 21. The molecule has 364 valence electrons. The van der Waals surface area contributed by atoms with Gasteiger partial charge in [-0.3, -0.25) is 9.11 Å². The van der Waals surface area contributed by atoms with Crippen LogP contribution in [-0.4, -0.2) is 114 Å². The average molecular weight is 1060 g/mol. The van der Waals surface area contributed by atoms with Gasteiger partial charge in [-0.1, -0.05) is 45.9 Å². The van der Waals surface area contributed by atoms with Gasteiger partial charge in [0, 0.05) is 50.6 Å². The zero-order valence-electron chi connectivity index (χ0n) is 37.1. The van der Waals surface area contributed by atoms with Crippen LogP contribution in [0.3, 0.4) is 0 Å². The number of halogens is 2. The molecule has 0 saturated carbocycles. The fourth-order valence-electron chi connectivity index (χ4n) is 7.03. The van der Waals surface area contributed by atoms with Crippen LogP contribution in [0.25, 0.3) is 20.4 Å². The molecule has 3 heterocycles. The van der Waals surface area contributed by atoms with E-state index in [2.05, 4.69) is 60.8 Å². The number of azo groups is 2. The second kappa shape index (κ2) is 21.9. The maximum Gasteiger partial charge on any atom is 0.297 e. The molecular formula is C41H44Cl2N14O8S4. The van der Waals surface area contributed by atoms with Crippen molar-refractivity contribution in [3.05, 3.63) is 70.7 Å². The third-order valence-electron chi connectivity index (χ3n) is 10.3. The van der Waals surface area contributed by atoms with Crippen LogP contribution in [0.2, 0.25) is 10.0 Å². The van der Waals surface area contributed by atoms with E-state index in [0.29, 0.717) is 48.9 Å². The number of nitrogens with zero attached hydrogens (tertiary/aromatic N) is 12. The number of thiazole rings is 2. The molecule has 4 aromatic carbocycles. The Labute approximate surface area is 414 Å². The van der Waals surface area contributed by atoms with Gasteiger partial charge in [0.05, 0.1) is 55.1 Å². The van der Waals surface area contributed by atoms with Gasteiger partial charge in [-0.15, -0.1) is 20.5 Å². The number of nitrogens with one attached hydrogen (secondary N) is 2. The number of hydrogen-bond donors (Lipinski definition) is 6. The fourth-order valence-corrected chi connectivity index (χ4v) is 11.9. The molecule has 0 aliphatic rings. The Morgan fingerprint density at radius 2 is 0.971 bits per heavy atom. The fraction of sp³-hybridized carbons (Fsp3) is 0.293. The van der Waals surface area contributed by atoms with Crippen molar-refractivity contribution in [2.75, 3.05) is 77.8 Å². The largest absolute Gasteiger partial charge is 0.395 e. The number of anilines is 7. The van der Waals surface area contributed by atoms with E-state index in [1.807, 2.05) is 52.0 Å². The number of aliphatic hydroxyl groups is 2. The highest BCUT2D eigenvalue weighted by Gasteiger charge is 2.24. The van der Waals surface area contributed by atoms with Gasteiger partial charge in [0.15, 0.2) is 0 Å². The molecule has 69 heavy (non-hydrogen) atoms. The normalized spacial score (nSPS) is 12.2. The second-order valence-corrected chi connectivity index (χ2v) is 20.0. The lowest BCUT2D eigenvalue weighted by Crippen LogP contribution is -2.31. The summed E-state index contributed by atoms with van der Waals surface area (Å²) in [5.74, 6) is 0.0967. The first-order valence-electron chi connectivity index (χ1n) is 21.0. The molecule has 6 N–H and O–H groups in total. The van der Waals surface area contributed by atoms with Crippen LogP contribution >= 0.6 is 45.9 Å². The molecule has 22 nitrogen and oxygen atoms in total. The molecule has 0 amide bonds. The molecule has 0 spiro atoms. The highest BCUT2D eigenvalue weighted by atomic mass is 35.5. The summed E-state index contributed by atoms with van der Waals surface area (Å²) in [6.07, 6.45) is 0. The quantitative estimate of drug-likeness (QED) is 0.0288. The molecule has 28 heteroatoms. The highest BCUT2D eigenvalue weighted by molar-refractivity contribution is 7.86. The summed E-state index contributed by atoms with van der Waals surface area (Å²) in [4.78, 5) is 27.7. The molecule has 0 saturated heterocycles. The van der Waals surface area contributed by atoms with Crippen LogP contribution in [-0.2, 0) is 20.2 Å². The lowest BCUT2D eigenvalue weighted by molar-refractivity contribution is 0.280. The Balaban J connectivity index is 1.32. The zero-order chi connectivity index (χ0) is 49.6. The number of aliphatic hydroxyl groups excluding tert-OH is 2. The molecule has 0 aliphatic heterocycles. The smallest absolute Gasteiger partial charge is 0.297 e. The molecule has 7 aromatic rings. The molecule has 7 rings (SSSR count). The van der Waals surface area contributed by atoms with Gasteiger partial charge in [-0.25, -0.2) is 9.97 Å². The van der Waals surface area contributed by atoms with E-state index in [1.54, 1.807) is 17.0 Å². The summed E-state index contributed by atoms with van der Waals surface area (Å²) >= 11 is 14.0. The van der Waals surface area contributed by atoms with Crippen LogP contribution in [0.5, 0.6) is 0 Å². The molecule has 0 fully saturated rings.